The van der Waals surface area contributed by atoms with E-state index in [0.717, 1.165) is 12.0 Å². The van der Waals surface area contributed by atoms with E-state index in [1.807, 2.05) is 37.3 Å². The number of benzene rings is 1. The molecule has 1 aliphatic heterocycles. The van der Waals surface area contributed by atoms with Crippen LogP contribution < -0.4 is 0 Å². The molecule has 0 aliphatic carbocycles. The van der Waals surface area contributed by atoms with E-state index in [1.54, 1.807) is 6.20 Å². The lowest BCUT2D eigenvalue weighted by Crippen LogP contribution is -2.49. The van der Waals surface area contributed by atoms with Gasteiger partial charge in [0.25, 0.3) is 0 Å². The monoisotopic (exact) mass is 342 g/mol. The highest BCUT2D eigenvalue weighted by Gasteiger charge is 2.34. The summed E-state index contributed by atoms with van der Waals surface area (Å²) in [5.74, 6) is 0.397. The van der Waals surface area contributed by atoms with Crippen LogP contribution in [0, 0.1) is 5.92 Å². The number of aromatic nitrogens is 1. The molecule has 1 aromatic carbocycles. The standard InChI is InChI=1S/C19H22N2O4/c1-13-9-10-21(15(11-13)19(23)24)18(22)8-7-17-20-12-16(25-17)14-5-3-2-4-6-14/h2-6,12-13,15H,7-11H2,1H3,(H,23,24). The van der Waals surface area contributed by atoms with E-state index < -0.39 is 12.0 Å². The molecule has 0 saturated carbocycles. The van der Waals surface area contributed by atoms with Gasteiger partial charge in [-0.25, -0.2) is 9.78 Å². The fourth-order valence-electron chi connectivity index (χ4n) is 3.19. The van der Waals surface area contributed by atoms with Crippen molar-refractivity contribution in [3.8, 4) is 11.3 Å². The minimum Gasteiger partial charge on any atom is -0.480 e. The first-order valence-corrected chi connectivity index (χ1v) is 8.57. The van der Waals surface area contributed by atoms with Crippen LogP contribution in [-0.2, 0) is 16.0 Å². The molecule has 2 heterocycles. The molecule has 3 rings (SSSR count). The number of oxazole rings is 1. The van der Waals surface area contributed by atoms with E-state index in [2.05, 4.69) is 4.98 Å². The van der Waals surface area contributed by atoms with Crippen molar-refractivity contribution in [3.63, 3.8) is 0 Å². The van der Waals surface area contributed by atoms with Gasteiger partial charge in [0.1, 0.15) is 6.04 Å². The van der Waals surface area contributed by atoms with E-state index in [1.165, 1.54) is 4.90 Å². The van der Waals surface area contributed by atoms with Gasteiger partial charge in [0.05, 0.1) is 6.20 Å². The molecule has 1 aliphatic rings. The molecule has 1 N–H and O–H groups in total. The molecule has 6 heteroatoms. The molecule has 1 aromatic heterocycles. The number of carboxylic acid groups (broad SMARTS) is 1. The molecule has 0 radical (unpaired) electrons. The third-order valence-corrected chi connectivity index (χ3v) is 4.63. The summed E-state index contributed by atoms with van der Waals surface area (Å²) in [6.45, 7) is 2.52. The SMILES string of the molecule is CC1CCN(C(=O)CCc2ncc(-c3ccccc3)o2)C(C(=O)O)C1. The Morgan fingerprint density at radius 3 is 2.80 bits per heavy atom. The van der Waals surface area contributed by atoms with Crippen molar-refractivity contribution in [2.75, 3.05) is 6.54 Å². The normalized spacial score (nSPS) is 20.4. The number of carbonyl (C=O) groups is 2. The summed E-state index contributed by atoms with van der Waals surface area (Å²) in [6, 6.07) is 8.91. The molecule has 2 unspecified atom stereocenters. The highest BCUT2D eigenvalue weighted by Crippen LogP contribution is 2.24. The Morgan fingerprint density at radius 1 is 1.32 bits per heavy atom. The minimum atomic E-state index is -0.928. The van der Waals surface area contributed by atoms with Crippen LogP contribution >= 0.6 is 0 Å². The number of rotatable bonds is 5. The van der Waals surface area contributed by atoms with Crippen LogP contribution in [0.15, 0.2) is 40.9 Å². The van der Waals surface area contributed by atoms with Gasteiger partial charge in [0.15, 0.2) is 11.7 Å². The van der Waals surface area contributed by atoms with Gasteiger partial charge in [-0.05, 0) is 18.8 Å². The Kier molecular flexibility index (Phi) is 5.16. The first kappa shape index (κ1) is 17.2. The Labute approximate surface area is 146 Å². The molecule has 132 valence electrons. The maximum atomic E-state index is 12.5. The third-order valence-electron chi connectivity index (χ3n) is 4.63. The number of aryl methyl sites for hydroxylation is 1. The number of aliphatic carboxylic acids is 1. The topological polar surface area (TPSA) is 83.6 Å². The molecule has 25 heavy (non-hydrogen) atoms. The number of hydrogen-bond acceptors (Lipinski definition) is 4. The van der Waals surface area contributed by atoms with Gasteiger partial charge in [0, 0.05) is 24.9 Å². The second-order valence-corrected chi connectivity index (χ2v) is 6.55. The fraction of sp³-hybridized carbons (Fsp3) is 0.421. The van der Waals surface area contributed by atoms with Crippen LogP contribution in [0.4, 0.5) is 0 Å². The highest BCUT2D eigenvalue weighted by molar-refractivity contribution is 5.84. The second kappa shape index (κ2) is 7.51. The number of hydrogen-bond donors (Lipinski definition) is 1. The van der Waals surface area contributed by atoms with Gasteiger partial charge in [-0.15, -0.1) is 0 Å². The van der Waals surface area contributed by atoms with Crippen molar-refractivity contribution in [1.82, 2.24) is 9.88 Å². The number of amides is 1. The van der Waals surface area contributed by atoms with Crippen molar-refractivity contribution in [2.45, 2.75) is 38.6 Å². The summed E-state index contributed by atoms with van der Waals surface area (Å²) in [5.41, 5.74) is 0.934. The predicted octanol–water partition coefficient (Wildman–Crippen LogP) is 2.99. The van der Waals surface area contributed by atoms with Gasteiger partial charge < -0.3 is 14.4 Å². The minimum absolute atomic E-state index is 0.154. The van der Waals surface area contributed by atoms with Crippen molar-refractivity contribution >= 4 is 11.9 Å². The number of carboxylic acids is 1. The van der Waals surface area contributed by atoms with E-state index in [9.17, 15) is 14.7 Å². The number of carbonyl (C=O) groups excluding carboxylic acids is 1. The van der Waals surface area contributed by atoms with Gasteiger partial charge in [-0.2, -0.15) is 0 Å². The third kappa shape index (κ3) is 4.07. The zero-order chi connectivity index (χ0) is 17.8. The van der Waals surface area contributed by atoms with Crippen LogP contribution in [0.5, 0.6) is 0 Å². The molecular weight excluding hydrogens is 320 g/mol. The van der Waals surface area contributed by atoms with Crippen LogP contribution in [0.1, 0.15) is 32.1 Å². The maximum Gasteiger partial charge on any atom is 0.326 e. The van der Waals surface area contributed by atoms with Crippen molar-refractivity contribution < 1.29 is 19.1 Å². The summed E-state index contributed by atoms with van der Waals surface area (Å²) in [5, 5.41) is 9.37. The molecule has 1 amide bonds. The fourth-order valence-corrected chi connectivity index (χ4v) is 3.19. The Hall–Kier alpha value is -2.63. The molecule has 0 bridgehead atoms. The van der Waals surface area contributed by atoms with Crippen molar-refractivity contribution in [1.29, 1.82) is 0 Å². The lowest BCUT2D eigenvalue weighted by atomic mass is 9.92. The van der Waals surface area contributed by atoms with Gasteiger partial charge >= 0.3 is 5.97 Å². The van der Waals surface area contributed by atoms with Crippen LogP contribution in [0.2, 0.25) is 0 Å². The zero-order valence-electron chi connectivity index (χ0n) is 14.2. The first-order valence-electron chi connectivity index (χ1n) is 8.57. The molecule has 2 aromatic rings. The average Bonchev–Trinajstić information content (AvgIpc) is 3.09. The highest BCUT2D eigenvalue weighted by atomic mass is 16.4. The van der Waals surface area contributed by atoms with E-state index >= 15 is 0 Å². The zero-order valence-corrected chi connectivity index (χ0v) is 14.2. The number of likely N-dealkylation sites (tertiary alicyclic amines) is 1. The number of piperidine rings is 1. The lowest BCUT2D eigenvalue weighted by molar-refractivity contribution is -0.153. The molecule has 2 atom stereocenters. The summed E-state index contributed by atoms with van der Waals surface area (Å²) in [4.78, 5) is 29.6. The van der Waals surface area contributed by atoms with Gasteiger partial charge in [-0.3, -0.25) is 4.79 Å². The molecular formula is C19H22N2O4. The van der Waals surface area contributed by atoms with Crippen LogP contribution in [0.3, 0.4) is 0 Å². The molecule has 0 spiro atoms. The average molecular weight is 342 g/mol. The van der Waals surface area contributed by atoms with Gasteiger partial charge in [0.2, 0.25) is 5.91 Å². The molecule has 1 saturated heterocycles. The van der Waals surface area contributed by atoms with Gasteiger partial charge in [-0.1, -0.05) is 37.3 Å². The second-order valence-electron chi connectivity index (χ2n) is 6.55. The summed E-state index contributed by atoms with van der Waals surface area (Å²) in [7, 11) is 0. The summed E-state index contributed by atoms with van der Waals surface area (Å²) < 4.78 is 5.70. The lowest BCUT2D eigenvalue weighted by Gasteiger charge is -2.36. The predicted molar refractivity (Wildman–Crippen MR) is 91.8 cm³/mol. The van der Waals surface area contributed by atoms with E-state index in [-0.39, 0.29) is 12.3 Å². The Bertz CT molecular complexity index is 741. The van der Waals surface area contributed by atoms with Crippen molar-refractivity contribution in [2.24, 2.45) is 5.92 Å². The summed E-state index contributed by atoms with van der Waals surface area (Å²) in [6.07, 6.45) is 3.57. The van der Waals surface area contributed by atoms with Crippen LogP contribution in [0.25, 0.3) is 11.3 Å². The Balaban J connectivity index is 1.60. The van der Waals surface area contributed by atoms with E-state index in [4.69, 9.17) is 4.42 Å². The number of nitrogens with zero attached hydrogens (tertiary/aromatic N) is 2. The molecule has 1 fully saturated rings. The maximum absolute atomic E-state index is 12.5. The van der Waals surface area contributed by atoms with Crippen LogP contribution in [-0.4, -0.2) is 39.5 Å². The largest absolute Gasteiger partial charge is 0.480 e. The van der Waals surface area contributed by atoms with E-state index in [0.29, 0.717) is 37.0 Å². The smallest absolute Gasteiger partial charge is 0.326 e. The van der Waals surface area contributed by atoms with Crippen molar-refractivity contribution in [3.05, 3.63) is 42.4 Å². The quantitative estimate of drug-likeness (QED) is 0.903. The summed E-state index contributed by atoms with van der Waals surface area (Å²) >= 11 is 0. The Morgan fingerprint density at radius 2 is 2.08 bits per heavy atom. The molecule has 6 nitrogen and oxygen atoms in total. The first-order chi connectivity index (χ1) is 12.0.